The monoisotopic (exact) mass is 302 g/mol. The zero-order chi connectivity index (χ0) is 15.3. The van der Waals surface area contributed by atoms with Crippen molar-refractivity contribution >= 4 is 28.0 Å². The summed E-state index contributed by atoms with van der Waals surface area (Å²) in [7, 11) is -3.59. The number of carboxylic acids is 1. The van der Waals surface area contributed by atoms with Crippen LogP contribution in [0.4, 0.5) is 5.69 Å². The van der Waals surface area contributed by atoms with Crippen LogP contribution < -0.4 is 16.0 Å². The first-order valence-electron chi connectivity index (χ1n) is 5.25. The number of rotatable bonds is 6. The molecule has 0 saturated heterocycles. The van der Waals surface area contributed by atoms with E-state index in [1.54, 1.807) is 0 Å². The summed E-state index contributed by atoms with van der Waals surface area (Å²) in [4.78, 5) is 14.5. The van der Waals surface area contributed by atoms with Gasteiger partial charge in [0.1, 0.15) is 0 Å². The zero-order valence-corrected chi connectivity index (χ0v) is 11.3. The first-order chi connectivity index (χ1) is 9.24. The van der Waals surface area contributed by atoms with Crippen LogP contribution in [0.25, 0.3) is 0 Å². The standard InChI is InChI=1S/C10H14N4O5S/c1-20(18,19)14-8-3-2-6(10(16)17)4-7(8)9(15)12-5-13-11/h2-5,9,14-15H,11H2,1H3,(H,12,13)(H,16,17). The van der Waals surface area contributed by atoms with Crippen molar-refractivity contribution in [3.05, 3.63) is 29.3 Å². The highest BCUT2D eigenvalue weighted by atomic mass is 32.2. The minimum Gasteiger partial charge on any atom is -0.478 e. The number of anilines is 1. The first kappa shape index (κ1) is 15.9. The Bertz CT molecular complexity index is 629. The molecule has 0 aliphatic heterocycles. The van der Waals surface area contributed by atoms with Gasteiger partial charge >= 0.3 is 5.97 Å². The third kappa shape index (κ3) is 4.50. The fraction of sp³-hybridized carbons (Fsp3) is 0.200. The molecule has 9 nitrogen and oxygen atoms in total. The van der Waals surface area contributed by atoms with Gasteiger partial charge in [0, 0.05) is 5.56 Å². The average molecular weight is 302 g/mol. The lowest BCUT2D eigenvalue weighted by molar-refractivity contribution is 0.0696. The Hall–Kier alpha value is -2.17. The van der Waals surface area contributed by atoms with E-state index in [0.29, 0.717) is 0 Å². The molecule has 0 saturated carbocycles. The lowest BCUT2D eigenvalue weighted by atomic mass is 10.1. The highest BCUT2D eigenvalue weighted by Gasteiger charge is 2.16. The Morgan fingerprint density at radius 2 is 2.15 bits per heavy atom. The van der Waals surface area contributed by atoms with Crippen molar-refractivity contribution in [3.63, 3.8) is 0 Å². The van der Waals surface area contributed by atoms with E-state index in [1.165, 1.54) is 12.1 Å². The summed E-state index contributed by atoms with van der Waals surface area (Å²) >= 11 is 0. The summed E-state index contributed by atoms with van der Waals surface area (Å²) in [5.41, 5.74) is 1.96. The van der Waals surface area contributed by atoms with Crippen LogP contribution in [0.1, 0.15) is 22.1 Å². The highest BCUT2D eigenvalue weighted by molar-refractivity contribution is 7.92. The summed E-state index contributed by atoms with van der Waals surface area (Å²) in [6.45, 7) is 0. The van der Waals surface area contributed by atoms with Crippen LogP contribution in [-0.4, -0.2) is 37.2 Å². The number of hydrogen-bond acceptors (Lipinski definition) is 6. The number of benzene rings is 1. The van der Waals surface area contributed by atoms with E-state index in [9.17, 15) is 18.3 Å². The summed E-state index contributed by atoms with van der Waals surface area (Å²) in [6, 6.07) is 3.56. The Balaban J connectivity index is 3.29. The number of carbonyl (C=O) groups is 1. The van der Waals surface area contributed by atoms with Crippen LogP contribution in [0.15, 0.2) is 23.2 Å². The van der Waals surface area contributed by atoms with E-state index in [2.05, 4.69) is 15.1 Å². The van der Waals surface area contributed by atoms with Crippen molar-refractivity contribution in [1.29, 1.82) is 0 Å². The van der Waals surface area contributed by atoms with Crippen molar-refractivity contribution in [2.24, 2.45) is 10.8 Å². The lowest BCUT2D eigenvalue weighted by Crippen LogP contribution is -2.20. The van der Waals surface area contributed by atoms with Crippen LogP contribution >= 0.6 is 0 Å². The molecule has 0 spiro atoms. The molecule has 20 heavy (non-hydrogen) atoms. The van der Waals surface area contributed by atoms with Gasteiger partial charge in [-0.2, -0.15) is 0 Å². The second-order valence-electron chi connectivity index (χ2n) is 3.80. The minimum atomic E-state index is -3.59. The van der Waals surface area contributed by atoms with Gasteiger partial charge in [-0.15, -0.1) is 0 Å². The van der Waals surface area contributed by atoms with Crippen molar-refractivity contribution in [1.82, 2.24) is 5.43 Å². The molecular weight excluding hydrogens is 288 g/mol. The summed E-state index contributed by atoms with van der Waals surface area (Å²) < 4.78 is 24.6. The normalized spacial score (nSPS) is 13.2. The van der Waals surface area contributed by atoms with E-state index in [-0.39, 0.29) is 16.8 Å². The van der Waals surface area contributed by atoms with Crippen LogP contribution in [0.2, 0.25) is 0 Å². The fourth-order valence-corrected chi connectivity index (χ4v) is 1.98. The Morgan fingerprint density at radius 3 is 2.65 bits per heavy atom. The van der Waals surface area contributed by atoms with Gasteiger partial charge in [-0.25, -0.2) is 24.0 Å². The third-order valence-corrected chi connectivity index (χ3v) is 2.75. The molecule has 0 radical (unpaired) electrons. The van der Waals surface area contributed by atoms with Gasteiger partial charge < -0.3 is 15.6 Å². The number of hydrazine groups is 1. The van der Waals surface area contributed by atoms with Crippen LogP contribution in [0.3, 0.4) is 0 Å². The quantitative estimate of drug-likeness (QED) is 0.200. The number of aliphatic imine (C=N–C) groups is 1. The molecule has 0 amide bonds. The number of hydrogen-bond donors (Lipinski definition) is 5. The molecule has 1 aromatic carbocycles. The predicted octanol–water partition coefficient (Wildman–Crippen LogP) is -0.761. The summed E-state index contributed by atoms with van der Waals surface area (Å²) in [6.07, 6.45) is 0.441. The van der Waals surface area contributed by atoms with Gasteiger partial charge in [-0.05, 0) is 18.2 Å². The van der Waals surface area contributed by atoms with Crippen LogP contribution in [-0.2, 0) is 10.0 Å². The van der Waals surface area contributed by atoms with Crippen LogP contribution in [0, 0.1) is 0 Å². The van der Waals surface area contributed by atoms with E-state index in [4.69, 9.17) is 10.9 Å². The molecule has 0 aromatic heterocycles. The van der Waals surface area contributed by atoms with Crippen molar-refractivity contribution in [3.8, 4) is 0 Å². The molecule has 1 rings (SSSR count). The number of nitrogens with zero attached hydrogens (tertiary/aromatic N) is 1. The van der Waals surface area contributed by atoms with Crippen LogP contribution in [0.5, 0.6) is 0 Å². The van der Waals surface area contributed by atoms with Gasteiger partial charge in [-0.3, -0.25) is 4.72 Å². The minimum absolute atomic E-state index is 0.0122. The molecule has 0 heterocycles. The molecule has 110 valence electrons. The maximum absolute atomic E-state index is 11.2. The number of aliphatic hydroxyl groups is 1. The summed E-state index contributed by atoms with van der Waals surface area (Å²) in [5, 5.41) is 18.7. The Kier molecular flexibility index (Phi) is 5.02. The molecule has 10 heteroatoms. The van der Waals surface area contributed by atoms with Crippen molar-refractivity contribution in [2.75, 3.05) is 11.0 Å². The molecule has 1 unspecified atom stereocenters. The molecule has 0 bridgehead atoms. The predicted molar refractivity (Wildman–Crippen MR) is 72.6 cm³/mol. The maximum Gasteiger partial charge on any atom is 0.335 e. The fourth-order valence-electron chi connectivity index (χ4n) is 1.40. The topological polar surface area (TPSA) is 154 Å². The van der Waals surface area contributed by atoms with Gasteiger partial charge in [0.15, 0.2) is 6.23 Å². The molecule has 0 aliphatic carbocycles. The van der Waals surface area contributed by atoms with Gasteiger partial charge in [0.2, 0.25) is 10.0 Å². The number of nitrogens with one attached hydrogen (secondary N) is 2. The van der Waals surface area contributed by atoms with E-state index >= 15 is 0 Å². The maximum atomic E-state index is 11.2. The number of sulfonamides is 1. The lowest BCUT2D eigenvalue weighted by Gasteiger charge is -2.14. The number of carboxylic acid groups (broad SMARTS) is 1. The summed E-state index contributed by atoms with van der Waals surface area (Å²) in [5.74, 6) is 3.74. The second kappa shape index (κ2) is 6.32. The zero-order valence-electron chi connectivity index (χ0n) is 10.4. The highest BCUT2D eigenvalue weighted by Crippen LogP contribution is 2.26. The smallest absolute Gasteiger partial charge is 0.335 e. The number of aromatic carboxylic acids is 1. The largest absolute Gasteiger partial charge is 0.478 e. The number of nitrogens with two attached hydrogens (primary N) is 1. The van der Waals surface area contributed by atoms with Gasteiger partial charge in [0.25, 0.3) is 0 Å². The van der Waals surface area contributed by atoms with E-state index in [0.717, 1.165) is 18.7 Å². The van der Waals surface area contributed by atoms with E-state index < -0.39 is 22.2 Å². The van der Waals surface area contributed by atoms with Crippen molar-refractivity contribution < 1.29 is 23.4 Å². The molecular formula is C10H14N4O5S. The SMILES string of the molecule is CS(=O)(=O)Nc1ccc(C(=O)O)cc1C(O)/N=C/NN. The first-order valence-corrected chi connectivity index (χ1v) is 7.14. The van der Waals surface area contributed by atoms with Gasteiger partial charge in [0.05, 0.1) is 23.8 Å². The second-order valence-corrected chi connectivity index (χ2v) is 5.55. The Morgan fingerprint density at radius 1 is 1.50 bits per heavy atom. The molecule has 1 aromatic rings. The molecule has 6 N–H and O–H groups in total. The van der Waals surface area contributed by atoms with Crippen molar-refractivity contribution in [2.45, 2.75) is 6.23 Å². The molecule has 0 fully saturated rings. The molecule has 1 atom stereocenters. The average Bonchev–Trinajstić information content (AvgIpc) is 2.34. The molecule has 0 aliphatic rings. The number of aliphatic hydroxyl groups excluding tert-OH is 1. The van der Waals surface area contributed by atoms with Gasteiger partial charge in [-0.1, -0.05) is 0 Å². The Labute approximate surface area is 115 Å². The third-order valence-electron chi connectivity index (χ3n) is 2.16. The van der Waals surface area contributed by atoms with E-state index in [1.807, 2.05) is 0 Å².